The van der Waals surface area contributed by atoms with Gasteiger partial charge in [-0.25, -0.2) is 9.98 Å². The van der Waals surface area contributed by atoms with Crippen LogP contribution in [0.1, 0.15) is 34.7 Å². The summed E-state index contributed by atoms with van der Waals surface area (Å²) in [5.41, 5.74) is 3.45. The van der Waals surface area contributed by atoms with Gasteiger partial charge in [0.05, 0.1) is 19.7 Å². The third-order valence-electron chi connectivity index (χ3n) is 3.82. The van der Waals surface area contributed by atoms with Gasteiger partial charge in [0.1, 0.15) is 5.01 Å². The SMILES string of the molecule is COCc1ccccc1CN=C(NCc1nc(C)cs1)NC1CC1.I. The van der Waals surface area contributed by atoms with Crippen molar-refractivity contribution in [3.05, 3.63) is 51.5 Å². The monoisotopic (exact) mass is 472 g/mol. The molecular weight excluding hydrogens is 447 g/mol. The molecule has 0 amide bonds. The Labute approximate surface area is 170 Å². The summed E-state index contributed by atoms with van der Waals surface area (Å²) in [7, 11) is 1.72. The maximum Gasteiger partial charge on any atom is 0.192 e. The summed E-state index contributed by atoms with van der Waals surface area (Å²) in [4.78, 5) is 9.25. The zero-order valence-electron chi connectivity index (χ0n) is 14.6. The molecule has 1 saturated carbocycles. The Morgan fingerprint density at radius 2 is 2.08 bits per heavy atom. The highest BCUT2D eigenvalue weighted by atomic mass is 127. The summed E-state index contributed by atoms with van der Waals surface area (Å²) in [6.07, 6.45) is 2.44. The minimum atomic E-state index is 0. The zero-order valence-corrected chi connectivity index (χ0v) is 17.8. The molecule has 2 N–H and O–H groups in total. The predicted molar refractivity (Wildman–Crippen MR) is 114 cm³/mol. The largest absolute Gasteiger partial charge is 0.380 e. The van der Waals surface area contributed by atoms with Gasteiger partial charge in [-0.3, -0.25) is 0 Å². The van der Waals surface area contributed by atoms with E-state index in [2.05, 4.69) is 33.1 Å². The Bertz CT molecular complexity index is 700. The van der Waals surface area contributed by atoms with Crippen LogP contribution in [0, 0.1) is 6.92 Å². The summed E-state index contributed by atoms with van der Waals surface area (Å²) in [5, 5.41) is 10.0. The summed E-state index contributed by atoms with van der Waals surface area (Å²) in [6.45, 7) is 3.97. The van der Waals surface area contributed by atoms with Crippen LogP contribution in [-0.2, 0) is 24.4 Å². The van der Waals surface area contributed by atoms with Crippen molar-refractivity contribution >= 4 is 41.3 Å². The van der Waals surface area contributed by atoms with E-state index in [9.17, 15) is 0 Å². The number of ether oxygens (including phenoxy) is 1. The van der Waals surface area contributed by atoms with Gasteiger partial charge in [0.2, 0.25) is 0 Å². The van der Waals surface area contributed by atoms with Crippen LogP contribution in [0.5, 0.6) is 0 Å². The number of aryl methyl sites for hydroxylation is 1. The fourth-order valence-electron chi connectivity index (χ4n) is 2.39. The molecule has 0 spiro atoms. The van der Waals surface area contributed by atoms with E-state index in [0.717, 1.165) is 16.7 Å². The number of nitrogens with zero attached hydrogens (tertiary/aromatic N) is 2. The lowest BCUT2D eigenvalue weighted by atomic mass is 10.1. The van der Waals surface area contributed by atoms with Gasteiger partial charge in [0.15, 0.2) is 5.96 Å². The van der Waals surface area contributed by atoms with Crippen LogP contribution in [0.25, 0.3) is 0 Å². The van der Waals surface area contributed by atoms with Crippen LogP contribution in [0.3, 0.4) is 0 Å². The molecule has 1 aromatic carbocycles. The molecule has 0 aliphatic heterocycles. The molecular formula is C18H25IN4OS. The maximum absolute atomic E-state index is 5.27. The average Bonchev–Trinajstić information content (AvgIpc) is 3.31. The summed E-state index contributed by atoms with van der Waals surface area (Å²) in [5.74, 6) is 0.859. The summed E-state index contributed by atoms with van der Waals surface area (Å²) >= 11 is 1.68. The van der Waals surface area contributed by atoms with Crippen molar-refractivity contribution in [2.24, 2.45) is 4.99 Å². The second kappa shape index (κ2) is 10.1. The number of guanidine groups is 1. The van der Waals surface area contributed by atoms with Gasteiger partial charge in [0, 0.05) is 24.2 Å². The van der Waals surface area contributed by atoms with Crippen molar-refractivity contribution < 1.29 is 4.74 Å². The molecule has 0 radical (unpaired) electrons. The summed E-state index contributed by atoms with van der Waals surface area (Å²) < 4.78 is 5.27. The fraction of sp³-hybridized carbons (Fsp3) is 0.444. The first-order chi connectivity index (χ1) is 11.7. The molecule has 0 bridgehead atoms. The number of nitrogens with one attached hydrogen (secondary N) is 2. The van der Waals surface area contributed by atoms with Crippen molar-refractivity contribution in [2.75, 3.05) is 7.11 Å². The van der Waals surface area contributed by atoms with Gasteiger partial charge in [-0.05, 0) is 30.9 Å². The van der Waals surface area contributed by atoms with E-state index < -0.39 is 0 Å². The Kier molecular flexibility index (Phi) is 8.11. The van der Waals surface area contributed by atoms with Gasteiger partial charge in [-0.2, -0.15) is 0 Å². The number of halogens is 1. The van der Waals surface area contributed by atoms with Crippen LogP contribution in [-0.4, -0.2) is 24.1 Å². The van der Waals surface area contributed by atoms with E-state index in [1.165, 1.54) is 24.0 Å². The number of hydrogen-bond donors (Lipinski definition) is 2. The average molecular weight is 472 g/mol. The van der Waals surface area contributed by atoms with Crippen molar-refractivity contribution in [3.63, 3.8) is 0 Å². The van der Waals surface area contributed by atoms with Crippen LogP contribution < -0.4 is 10.6 Å². The molecule has 136 valence electrons. The quantitative estimate of drug-likeness (QED) is 0.367. The minimum absolute atomic E-state index is 0. The number of aliphatic imine (C=N–C) groups is 1. The Morgan fingerprint density at radius 3 is 2.72 bits per heavy atom. The summed E-state index contributed by atoms with van der Waals surface area (Å²) in [6, 6.07) is 8.84. The van der Waals surface area contributed by atoms with Crippen LogP contribution >= 0.6 is 35.3 Å². The minimum Gasteiger partial charge on any atom is -0.380 e. The molecule has 3 rings (SSSR count). The molecule has 7 heteroatoms. The van der Waals surface area contributed by atoms with Crippen LogP contribution in [0.4, 0.5) is 0 Å². The van der Waals surface area contributed by atoms with Crippen LogP contribution in [0.15, 0.2) is 34.6 Å². The predicted octanol–water partition coefficient (Wildman–Crippen LogP) is 3.61. The number of rotatable bonds is 7. The first-order valence-corrected chi connectivity index (χ1v) is 9.14. The first kappa shape index (κ1) is 20.1. The smallest absolute Gasteiger partial charge is 0.192 e. The maximum atomic E-state index is 5.27. The normalized spacial score (nSPS) is 14.1. The lowest BCUT2D eigenvalue weighted by molar-refractivity contribution is 0.184. The second-order valence-corrected chi connectivity index (χ2v) is 6.96. The van der Waals surface area contributed by atoms with E-state index in [1.807, 2.05) is 19.1 Å². The molecule has 5 nitrogen and oxygen atoms in total. The highest BCUT2D eigenvalue weighted by molar-refractivity contribution is 14.0. The Morgan fingerprint density at radius 1 is 1.32 bits per heavy atom. The molecule has 1 aliphatic carbocycles. The number of hydrogen-bond acceptors (Lipinski definition) is 4. The molecule has 0 unspecified atom stereocenters. The number of methoxy groups -OCH3 is 1. The molecule has 0 saturated heterocycles. The van der Waals surface area contributed by atoms with Gasteiger partial charge in [-0.15, -0.1) is 35.3 Å². The lowest BCUT2D eigenvalue weighted by Gasteiger charge is -2.12. The van der Waals surface area contributed by atoms with Crippen molar-refractivity contribution in [3.8, 4) is 0 Å². The Balaban J connectivity index is 0.00000225. The highest BCUT2D eigenvalue weighted by Gasteiger charge is 2.22. The van der Waals surface area contributed by atoms with Crippen molar-refractivity contribution in [1.82, 2.24) is 15.6 Å². The Hall–Kier alpha value is -1.19. The zero-order chi connectivity index (χ0) is 16.8. The van der Waals surface area contributed by atoms with Gasteiger partial charge in [0.25, 0.3) is 0 Å². The van der Waals surface area contributed by atoms with Gasteiger partial charge in [-0.1, -0.05) is 24.3 Å². The molecule has 25 heavy (non-hydrogen) atoms. The van der Waals surface area contributed by atoms with E-state index in [-0.39, 0.29) is 24.0 Å². The van der Waals surface area contributed by atoms with E-state index in [1.54, 1.807) is 18.4 Å². The van der Waals surface area contributed by atoms with Gasteiger partial charge >= 0.3 is 0 Å². The molecule has 1 fully saturated rings. The van der Waals surface area contributed by atoms with E-state index in [4.69, 9.17) is 9.73 Å². The molecule has 1 aromatic heterocycles. The number of aromatic nitrogens is 1. The molecule has 1 aliphatic rings. The second-order valence-electron chi connectivity index (χ2n) is 6.02. The topological polar surface area (TPSA) is 58.5 Å². The standard InChI is InChI=1S/C18H24N4OS.HI/c1-13-12-24-17(21-13)10-20-18(22-16-7-8-16)19-9-14-5-3-4-6-15(14)11-23-2;/h3-6,12,16H,7-11H2,1-2H3,(H2,19,20,22);1H. The third kappa shape index (κ3) is 6.56. The van der Waals surface area contributed by atoms with Gasteiger partial charge < -0.3 is 15.4 Å². The molecule has 1 heterocycles. The lowest BCUT2D eigenvalue weighted by Crippen LogP contribution is -2.38. The molecule has 0 atom stereocenters. The van der Waals surface area contributed by atoms with Crippen molar-refractivity contribution in [1.29, 1.82) is 0 Å². The first-order valence-electron chi connectivity index (χ1n) is 8.26. The third-order valence-corrected chi connectivity index (χ3v) is 4.78. The highest BCUT2D eigenvalue weighted by Crippen LogP contribution is 2.19. The van der Waals surface area contributed by atoms with Crippen LogP contribution in [0.2, 0.25) is 0 Å². The van der Waals surface area contributed by atoms with E-state index >= 15 is 0 Å². The van der Waals surface area contributed by atoms with Crippen molar-refractivity contribution in [2.45, 2.75) is 45.5 Å². The number of thiazole rings is 1. The number of benzene rings is 1. The van der Waals surface area contributed by atoms with E-state index in [0.29, 0.717) is 25.7 Å². The fourth-order valence-corrected chi connectivity index (χ4v) is 3.10. The molecule has 2 aromatic rings.